The number of carbonyl (C=O) groups is 1. The summed E-state index contributed by atoms with van der Waals surface area (Å²) >= 11 is 5.70. The summed E-state index contributed by atoms with van der Waals surface area (Å²) in [6.07, 6.45) is 3.38. The Morgan fingerprint density at radius 3 is 2.65 bits per heavy atom. The molecule has 1 saturated heterocycles. The van der Waals surface area contributed by atoms with Crippen molar-refractivity contribution >= 4 is 17.5 Å². The lowest BCUT2D eigenvalue weighted by Gasteiger charge is -2.34. The molecule has 1 aromatic heterocycles. The highest BCUT2D eigenvalue weighted by Crippen LogP contribution is 2.08. The first-order valence-corrected chi connectivity index (χ1v) is 6.30. The van der Waals surface area contributed by atoms with Gasteiger partial charge in [-0.3, -0.25) is 14.4 Å². The SMILES string of the molecule is Cn1cc(C(=O)N2CCN(CCCl)CC2)cn1. The fraction of sp³-hybridized carbons (Fsp3) is 0.636. The van der Waals surface area contributed by atoms with Crippen LogP contribution in [-0.2, 0) is 7.05 Å². The predicted octanol–water partition coefficient (Wildman–Crippen LogP) is 0.417. The van der Waals surface area contributed by atoms with Crippen LogP contribution in [0, 0.1) is 0 Å². The third kappa shape index (κ3) is 2.98. The fourth-order valence-corrected chi connectivity index (χ4v) is 2.25. The summed E-state index contributed by atoms with van der Waals surface area (Å²) in [4.78, 5) is 16.3. The maximum absolute atomic E-state index is 12.1. The number of amides is 1. The molecule has 6 heteroatoms. The maximum Gasteiger partial charge on any atom is 0.257 e. The summed E-state index contributed by atoms with van der Waals surface area (Å²) in [5.74, 6) is 0.722. The van der Waals surface area contributed by atoms with Gasteiger partial charge in [-0.05, 0) is 0 Å². The van der Waals surface area contributed by atoms with Crippen LogP contribution in [0.25, 0.3) is 0 Å². The molecule has 0 bridgehead atoms. The van der Waals surface area contributed by atoms with Crippen molar-refractivity contribution in [2.45, 2.75) is 0 Å². The van der Waals surface area contributed by atoms with Gasteiger partial charge in [0.2, 0.25) is 0 Å². The standard InChI is InChI=1S/C11H17ClN4O/c1-14-9-10(8-13-14)11(17)16-6-4-15(3-2-12)5-7-16/h8-9H,2-7H2,1H3. The largest absolute Gasteiger partial charge is 0.336 e. The number of aryl methyl sites for hydroxylation is 1. The van der Waals surface area contributed by atoms with Crippen LogP contribution in [0.15, 0.2) is 12.4 Å². The molecule has 0 saturated carbocycles. The smallest absolute Gasteiger partial charge is 0.257 e. The molecule has 0 aliphatic carbocycles. The highest BCUT2D eigenvalue weighted by Gasteiger charge is 2.22. The fourth-order valence-electron chi connectivity index (χ4n) is 2.01. The Kier molecular flexibility index (Phi) is 4.02. The van der Waals surface area contributed by atoms with Gasteiger partial charge in [0.1, 0.15) is 0 Å². The normalized spacial score (nSPS) is 17.4. The van der Waals surface area contributed by atoms with E-state index >= 15 is 0 Å². The first-order valence-electron chi connectivity index (χ1n) is 5.77. The van der Waals surface area contributed by atoms with Gasteiger partial charge in [-0.2, -0.15) is 5.10 Å². The van der Waals surface area contributed by atoms with Gasteiger partial charge in [-0.15, -0.1) is 11.6 Å². The molecule has 1 aliphatic heterocycles. The lowest BCUT2D eigenvalue weighted by atomic mass is 10.2. The Bertz CT molecular complexity index is 385. The number of hydrogen-bond donors (Lipinski definition) is 0. The quantitative estimate of drug-likeness (QED) is 0.736. The molecule has 0 aromatic carbocycles. The van der Waals surface area contributed by atoms with Crippen molar-refractivity contribution in [2.24, 2.45) is 7.05 Å². The number of nitrogens with zero attached hydrogens (tertiary/aromatic N) is 4. The summed E-state index contributed by atoms with van der Waals surface area (Å²) < 4.78 is 1.65. The van der Waals surface area contributed by atoms with E-state index in [-0.39, 0.29) is 5.91 Å². The number of halogens is 1. The second-order valence-electron chi connectivity index (χ2n) is 4.23. The molecule has 1 amide bonds. The molecule has 0 spiro atoms. The molecule has 1 fully saturated rings. The van der Waals surface area contributed by atoms with Gasteiger partial charge in [0.05, 0.1) is 11.8 Å². The molecule has 2 rings (SSSR count). The number of aromatic nitrogens is 2. The van der Waals surface area contributed by atoms with E-state index in [2.05, 4.69) is 10.00 Å². The molecule has 0 unspecified atom stereocenters. The van der Waals surface area contributed by atoms with E-state index < -0.39 is 0 Å². The molecule has 1 aromatic rings. The second-order valence-corrected chi connectivity index (χ2v) is 4.60. The third-order valence-electron chi connectivity index (χ3n) is 3.01. The van der Waals surface area contributed by atoms with Crippen molar-refractivity contribution in [3.8, 4) is 0 Å². The van der Waals surface area contributed by atoms with Crippen LogP contribution in [-0.4, -0.2) is 64.1 Å². The minimum Gasteiger partial charge on any atom is -0.336 e. The van der Waals surface area contributed by atoms with Gasteiger partial charge in [-0.25, -0.2) is 0 Å². The van der Waals surface area contributed by atoms with E-state index in [1.54, 1.807) is 17.1 Å². The van der Waals surface area contributed by atoms with Gasteiger partial charge in [0, 0.05) is 51.8 Å². The minimum absolute atomic E-state index is 0.0728. The Hall–Kier alpha value is -1.07. The Labute approximate surface area is 106 Å². The van der Waals surface area contributed by atoms with Crippen molar-refractivity contribution < 1.29 is 4.79 Å². The first kappa shape index (κ1) is 12.4. The van der Waals surface area contributed by atoms with Gasteiger partial charge in [0.25, 0.3) is 5.91 Å². The van der Waals surface area contributed by atoms with E-state index in [4.69, 9.17) is 11.6 Å². The van der Waals surface area contributed by atoms with Gasteiger partial charge in [-0.1, -0.05) is 0 Å². The van der Waals surface area contributed by atoms with Crippen molar-refractivity contribution in [3.05, 3.63) is 18.0 Å². The molecule has 17 heavy (non-hydrogen) atoms. The van der Waals surface area contributed by atoms with Crippen molar-refractivity contribution in [3.63, 3.8) is 0 Å². The van der Waals surface area contributed by atoms with E-state index in [1.165, 1.54) is 0 Å². The lowest BCUT2D eigenvalue weighted by Crippen LogP contribution is -2.49. The van der Waals surface area contributed by atoms with Crippen LogP contribution >= 0.6 is 11.6 Å². The number of piperazine rings is 1. The average molecular weight is 257 g/mol. The molecule has 5 nitrogen and oxygen atoms in total. The van der Waals surface area contributed by atoms with E-state index in [0.717, 1.165) is 32.7 Å². The summed E-state index contributed by atoms with van der Waals surface area (Å²) in [7, 11) is 1.81. The summed E-state index contributed by atoms with van der Waals surface area (Å²) in [5.41, 5.74) is 0.665. The molecule has 2 heterocycles. The molecular weight excluding hydrogens is 240 g/mol. The molecule has 0 atom stereocenters. The second kappa shape index (κ2) is 5.51. The Morgan fingerprint density at radius 1 is 1.41 bits per heavy atom. The van der Waals surface area contributed by atoms with Gasteiger partial charge in [0.15, 0.2) is 0 Å². The zero-order valence-electron chi connectivity index (χ0n) is 9.97. The number of rotatable bonds is 3. The van der Waals surface area contributed by atoms with Crippen LogP contribution in [0.1, 0.15) is 10.4 Å². The number of carbonyl (C=O) groups excluding carboxylic acids is 1. The van der Waals surface area contributed by atoms with Crippen molar-refractivity contribution in [1.29, 1.82) is 0 Å². The van der Waals surface area contributed by atoms with Gasteiger partial charge >= 0.3 is 0 Å². The zero-order chi connectivity index (χ0) is 12.3. The topological polar surface area (TPSA) is 41.4 Å². The highest BCUT2D eigenvalue weighted by atomic mass is 35.5. The first-order chi connectivity index (χ1) is 8.20. The monoisotopic (exact) mass is 256 g/mol. The summed E-state index contributed by atoms with van der Waals surface area (Å²) in [6, 6.07) is 0. The Balaban J connectivity index is 1.90. The molecule has 94 valence electrons. The third-order valence-corrected chi connectivity index (χ3v) is 3.18. The summed E-state index contributed by atoms with van der Waals surface area (Å²) in [5, 5.41) is 4.02. The van der Waals surface area contributed by atoms with Crippen molar-refractivity contribution in [1.82, 2.24) is 19.6 Å². The molecule has 1 aliphatic rings. The van der Waals surface area contributed by atoms with Crippen LogP contribution in [0.4, 0.5) is 0 Å². The van der Waals surface area contributed by atoms with Gasteiger partial charge < -0.3 is 4.90 Å². The van der Waals surface area contributed by atoms with E-state index in [0.29, 0.717) is 11.4 Å². The van der Waals surface area contributed by atoms with Crippen LogP contribution in [0.3, 0.4) is 0 Å². The molecule has 0 radical (unpaired) electrons. The number of alkyl halides is 1. The lowest BCUT2D eigenvalue weighted by molar-refractivity contribution is 0.0644. The maximum atomic E-state index is 12.1. The Morgan fingerprint density at radius 2 is 2.12 bits per heavy atom. The highest BCUT2D eigenvalue weighted by molar-refractivity contribution is 6.18. The molecule has 0 N–H and O–H groups in total. The minimum atomic E-state index is 0.0728. The van der Waals surface area contributed by atoms with E-state index in [1.807, 2.05) is 11.9 Å². The predicted molar refractivity (Wildman–Crippen MR) is 66.3 cm³/mol. The summed E-state index contributed by atoms with van der Waals surface area (Å²) in [6.45, 7) is 4.24. The van der Waals surface area contributed by atoms with E-state index in [9.17, 15) is 4.79 Å². The zero-order valence-corrected chi connectivity index (χ0v) is 10.7. The van der Waals surface area contributed by atoms with Crippen LogP contribution in [0.2, 0.25) is 0 Å². The number of hydrogen-bond acceptors (Lipinski definition) is 3. The average Bonchev–Trinajstić information content (AvgIpc) is 2.76. The van der Waals surface area contributed by atoms with Crippen LogP contribution < -0.4 is 0 Å². The van der Waals surface area contributed by atoms with Crippen LogP contribution in [0.5, 0.6) is 0 Å². The van der Waals surface area contributed by atoms with Crippen molar-refractivity contribution in [2.75, 3.05) is 38.6 Å². The molecular formula is C11H17ClN4O.